The summed E-state index contributed by atoms with van der Waals surface area (Å²) < 4.78 is 0.765. The quantitative estimate of drug-likeness (QED) is 0.673. The molecule has 0 spiro atoms. The van der Waals surface area contributed by atoms with Crippen molar-refractivity contribution < 1.29 is 9.90 Å². The Morgan fingerprint density at radius 2 is 2.26 bits per heavy atom. The highest BCUT2D eigenvalue weighted by Gasteiger charge is 2.03. The number of hydrogen-bond acceptors (Lipinski definition) is 4. The number of benzene rings is 1. The van der Waals surface area contributed by atoms with Gasteiger partial charge in [-0.15, -0.1) is 0 Å². The summed E-state index contributed by atoms with van der Waals surface area (Å²) >= 11 is 3.24. The molecule has 0 saturated carbocycles. The maximum atomic E-state index is 11.6. The van der Waals surface area contributed by atoms with Gasteiger partial charge in [0.15, 0.2) is 0 Å². The first-order valence-corrected chi connectivity index (χ1v) is 6.18. The Bertz CT molecular complexity index is 615. The molecule has 1 aromatic carbocycles. The fraction of sp³-hybridized carbons (Fsp3) is 0. The highest BCUT2D eigenvalue weighted by Crippen LogP contribution is 2.20. The van der Waals surface area contributed by atoms with Gasteiger partial charge in [0, 0.05) is 22.4 Å². The zero-order chi connectivity index (χ0) is 13.7. The Labute approximate surface area is 118 Å². The number of carbonyl (C=O) groups is 1. The number of nitrogens with zero attached hydrogens (tertiary/aromatic N) is 2. The van der Waals surface area contributed by atoms with Crippen LogP contribution in [0.5, 0.6) is 5.75 Å². The van der Waals surface area contributed by atoms with Gasteiger partial charge in [-0.1, -0.05) is 15.9 Å². The molecule has 1 aromatic heterocycles. The topological polar surface area (TPSA) is 74.6 Å². The predicted molar refractivity (Wildman–Crippen MR) is 75.1 cm³/mol. The lowest BCUT2D eigenvalue weighted by molar-refractivity contribution is 0.0954. The zero-order valence-corrected chi connectivity index (χ0v) is 11.3. The normalized spacial score (nSPS) is 10.6. The number of pyridine rings is 1. The summed E-state index contributed by atoms with van der Waals surface area (Å²) in [4.78, 5) is 15.5. The maximum absolute atomic E-state index is 11.6. The lowest BCUT2D eigenvalue weighted by Gasteiger charge is -2.00. The number of aromatic nitrogens is 1. The van der Waals surface area contributed by atoms with Gasteiger partial charge in [-0.25, -0.2) is 5.43 Å². The molecule has 0 aliphatic rings. The van der Waals surface area contributed by atoms with Crippen LogP contribution in [0.15, 0.2) is 52.3 Å². The van der Waals surface area contributed by atoms with E-state index in [4.69, 9.17) is 0 Å². The predicted octanol–water partition coefficient (Wildman–Crippen LogP) is 2.31. The van der Waals surface area contributed by atoms with Crippen molar-refractivity contribution in [1.82, 2.24) is 10.4 Å². The van der Waals surface area contributed by atoms with Crippen molar-refractivity contribution in [3.8, 4) is 5.75 Å². The molecule has 0 fully saturated rings. The third-order valence-corrected chi connectivity index (χ3v) is 2.78. The van der Waals surface area contributed by atoms with Gasteiger partial charge in [-0.2, -0.15) is 5.10 Å². The van der Waals surface area contributed by atoms with Gasteiger partial charge < -0.3 is 5.11 Å². The smallest absolute Gasteiger partial charge is 0.272 e. The molecule has 2 rings (SSSR count). The molecule has 2 aromatic rings. The number of phenols is 1. The molecule has 96 valence electrons. The second-order valence-corrected chi connectivity index (χ2v) is 4.56. The summed E-state index contributed by atoms with van der Waals surface area (Å²) in [6, 6.07) is 8.29. The van der Waals surface area contributed by atoms with Crippen LogP contribution >= 0.6 is 15.9 Å². The fourth-order valence-corrected chi connectivity index (χ4v) is 1.70. The fourth-order valence-electron chi connectivity index (χ4n) is 1.35. The molecule has 0 unspecified atom stereocenters. The third kappa shape index (κ3) is 3.62. The standard InChI is InChI=1S/C13H10BrN3O2/c14-11-4-3-9(12(18)6-11)8-16-17-13(19)10-2-1-5-15-7-10/h1-8,18H,(H,17,19)/b16-8+. The van der Waals surface area contributed by atoms with Gasteiger partial charge in [-0.3, -0.25) is 9.78 Å². The Kier molecular flexibility index (Phi) is 4.25. The van der Waals surface area contributed by atoms with Crippen LogP contribution in [0.3, 0.4) is 0 Å². The largest absolute Gasteiger partial charge is 0.507 e. The van der Waals surface area contributed by atoms with Gasteiger partial charge >= 0.3 is 0 Å². The number of nitrogens with one attached hydrogen (secondary N) is 1. The monoisotopic (exact) mass is 319 g/mol. The van der Waals surface area contributed by atoms with Crippen molar-refractivity contribution >= 4 is 28.1 Å². The van der Waals surface area contributed by atoms with E-state index in [0.717, 1.165) is 4.47 Å². The lowest BCUT2D eigenvalue weighted by atomic mass is 10.2. The molecule has 1 heterocycles. The number of rotatable bonds is 3. The highest BCUT2D eigenvalue weighted by molar-refractivity contribution is 9.10. The Balaban J connectivity index is 2.02. The summed E-state index contributed by atoms with van der Waals surface area (Å²) in [5.74, 6) is -0.283. The van der Waals surface area contributed by atoms with Crippen LogP contribution in [0.4, 0.5) is 0 Å². The number of aromatic hydroxyl groups is 1. The summed E-state index contributed by atoms with van der Waals surface area (Å²) in [6.45, 7) is 0. The van der Waals surface area contributed by atoms with Crippen molar-refractivity contribution in [1.29, 1.82) is 0 Å². The van der Waals surface area contributed by atoms with Gasteiger partial charge in [0.1, 0.15) is 5.75 Å². The van der Waals surface area contributed by atoms with Crippen LogP contribution in [0.25, 0.3) is 0 Å². The number of hydrazone groups is 1. The van der Waals surface area contributed by atoms with Crippen LogP contribution in [-0.4, -0.2) is 22.2 Å². The van der Waals surface area contributed by atoms with Crippen molar-refractivity contribution in [2.24, 2.45) is 5.10 Å². The zero-order valence-electron chi connectivity index (χ0n) is 9.75. The van der Waals surface area contributed by atoms with E-state index < -0.39 is 0 Å². The van der Waals surface area contributed by atoms with Crippen molar-refractivity contribution in [2.45, 2.75) is 0 Å². The maximum Gasteiger partial charge on any atom is 0.272 e. The van der Waals surface area contributed by atoms with E-state index in [1.54, 1.807) is 36.5 Å². The van der Waals surface area contributed by atoms with Crippen LogP contribution in [-0.2, 0) is 0 Å². The molecule has 5 nitrogen and oxygen atoms in total. The van der Waals surface area contributed by atoms with Gasteiger partial charge in [0.05, 0.1) is 11.8 Å². The number of phenolic OH excluding ortho intramolecular Hbond substituents is 1. The van der Waals surface area contributed by atoms with Gasteiger partial charge in [0.2, 0.25) is 0 Å². The third-order valence-electron chi connectivity index (χ3n) is 2.29. The molecule has 0 saturated heterocycles. The van der Waals surface area contributed by atoms with Crippen LogP contribution in [0.2, 0.25) is 0 Å². The van der Waals surface area contributed by atoms with Crippen LogP contribution in [0.1, 0.15) is 15.9 Å². The van der Waals surface area contributed by atoms with Gasteiger partial charge in [-0.05, 0) is 30.3 Å². The first-order chi connectivity index (χ1) is 9.16. The molecule has 6 heteroatoms. The van der Waals surface area contributed by atoms with Crippen molar-refractivity contribution in [3.63, 3.8) is 0 Å². The molecule has 0 radical (unpaired) electrons. The van der Waals surface area contributed by atoms with E-state index in [1.807, 2.05) is 0 Å². The molecule has 0 aliphatic carbocycles. The Morgan fingerprint density at radius 1 is 1.42 bits per heavy atom. The van der Waals surface area contributed by atoms with Crippen molar-refractivity contribution in [2.75, 3.05) is 0 Å². The molecule has 0 bridgehead atoms. The van der Waals surface area contributed by atoms with E-state index in [-0.39, 0.29) is 11.7 Å². The average molecular weight is 320 g/mol. The van der Waals surface area contributed by atoms with Gasteiger partial charge in [0.25, 0.3) is 5.91 Å². The van der Waals surface area contributed by atoms with E-state index in [0.29, 0.717) is 11.1 Å². The van der Waals surface area contributed by atoms with E-state index >= 15 is 0 Å². The molecular formula is C13H10BrN3O2. The summed E-state index contributed by atoms with van der Waals surface area (Å²) in [5, 5.41) is 13.4. The Morgan fingerprint density at radius 3 is 2.95 bits per heavy atom. The second kappa shape index (κ2) is 6.10. The molecular weight excluding hydrogens is 310 g/mol. The molecule has 0 aliphatic heterocycles. The van der Waals surface area contributed by atoms with E-state index in [2.05, 4.69) is 31.4 Å². The first kappa shape index (κ1) is 13.2. The first-order valence-electron chi connectivity index (χ1n) is 5.39. The minimum absolute atomic E-state index is 0.0775. The van der Waals surface area contributed by atoms with Crippen LogP contribution < -0.4 is 5.43 Å². The lowest BCUT2D eigenvalue weighted by Crippen LogP contribution is -2.17. The van der Waals surface area contributed by atoms with E-state index in [1.165, 1.54) is 12.4 Å². The van der Waals surface area contributed by atoms with Crippen LogP contribution in [0, 0.1) is 0 Å². The SMILES string of the molecule is O=C(N/N=C/c1ccc(Br)cc1O)c1cccnc1. The summed E-state index contributed by atoms with van der Waals surface area (Å²) in [5.41, 5.74) is 3.28. The minimum Gasteiger partial charge on any atom is -0.507 e. The highest BCUT2D eigenvalue weighted by atomic mass is 79.9. The number of halogens is 1. The molecule has 19 heavy (non-hydrogen) atoms. The second-order valence-electron chi connectivity index (χ2n) is 3.64. The number of hydrogen-bond donors (Lipinski definition) is 2. The van der Waals surface area contributed by atoms with E-state index in [9.17, 15) is 9.90 Å². The summed E-state index contributed by atoms with van der Waals surface area (Å²) in [7, 11) is 0. The molecule has 0 atom stereocenters. The molecule has 1 amide bonds. The minimum atomic E-state index is -0.360. The van der Waals surface area contributed by atoms with Crippen molar-refractivity contribution in [3.05, 3.63) is 58.3 Å². The summed E-state index contributed by atoms with van der Waals surface area (Å²) in [6.07, 6.45) is 4.40. The number of amides is 1. The molecule has 2 N–H and O–H groups in total. The Hall–Kier alpha value is -2.21. The average Bonchev–Trinajstić information content (AvgIpc) is 2.42. The number of carbonyl (C=O) groups excluding carboxylic acids is 1.